The molecule has 20 heavy (non-hydrogen) atoms. The lowest BCUT2D eigenvalue weighted by Gasteiger charge is -2.16. The second-order valence-corrected chi connectivity index (χ2v) is 5.51. The standard InChI is InChI=1S/C15H15FINO2/c1-19-13-7-11(12(16)8-14(13)20-2)15(18)9-4-3-5-10(17)6-9/h3-8,15H,18H2,1-2H3. The maximum Gasteiger partial charge on any atom is 0.163 e. The number of benzene rings is 2. The van der Waals surface area contributed by atoms with Gasteiger partial charge in [-0.25, -0.2) is 4.39 Å². The molecule has 0 fully saturated rings. The van der Waals surface area contributed by atoms with Crippen molar-refractivity contribution in [3.05, 3.63) is 56.9 Å². The highest BCUT2D eigenvalue weighted by Crippen LogP contribution is 2.33. The molecule has 3 nitrogen and oxygen atoms in total. The van der Waals surface area contributed by atoms with Gasteiger partial charge in [-0.1, -0.05) is 12.1 Å². The molecule has 0 saturated carbocycles. The van der Waals surface area contributed by atoms with Gasteiger partial charge < -0.3 is 15.2 Å². The van der Waals surface area contributed by atoms with E-state index in [1.165, 1.54) is 20.3 Å². The first-order valence-corrected chi connectivity index (χ1v) is 7.07. The van der Waals surface area contributed by atoms with E-state index in [1.807, 2.05) is 24.3 Å². The molecule has 5 heteroatoms. The van der Waals surface area contributed by atoms with Crippen LogP contribution in [-0.2, 0) is 0 Å². The fourth-order valence-electron chi connectivity index (χ4n) is 1.99. The quantitative estimate of drug-likeness (QED) is 0.817. The Kier molecular flexibility index (Phi) is 4.82. The minimum Gasteiger partial charge on any atom is -0.493 e. The molecule has 106 valence electrons. The minimum absolute atomic E-state index is 0.351. The average Bonchev–Trinajstić information content (AvgIpc) is 2.46. The molecule has 2 N–H and O–H groups in total. The number of ether oxygens (including phenoxy) is 2. The molecule has 2 aromatic carbocycles. The van der Waals surface area contributed by atoms with Gasteiger partial charge in [0, 0.05) is 15.2 Å². The number of hydrogen-bond donors (Lipinski definition) is 1. The molecule has 0 aliphatic rings. The van der Waals surface area contributed by atoms with E-state index < -0.39 is 11.9 Å². The molecular weight excluding hydrogens is 372 g/mol. The lowest BCUT2D eigenvalue weighted by atomic mass is 9.98. The minimum atomic E-state index is -0.551. The molecule has 0 heterocycles. The van der Waals surface area contributed by atoms with Crippen LogP contribution in [0.5, 0.6) is 11.5 Å². The summed E-state index contributed by atoms with van der Waals surface area (Å²) < 4.78 is 25.5. The molecular formula is C15H15FINO2. The maximum atomic E-state index is 14.2. The zero-order chi connectivity index (χ0) is 14.7. The summed E-state index contributed by atoms with van der Waals surface area (Å²) in [6.07, 6.45) is 0. The smallest absolute Gasteiger partial charge is 0.163 e. The van der Waals surface area contributed by atoms with E-state index in [2.05, 4.69) is 22.6 Å². The summed E-state index contributed by atoms with van der Waals surface area (Å²) in [6.45, 7) is 0. The van der Waals surface area contributed by atoms with Crippen molar-refractivity contribution in [1.82, 2.24) is 0 Å². The third kappa shape index (κ3) is 3.04. The maximum absolute atomic E-state index is 14.2. The first-order chi connectivity index (χ1) is 9.56. The summed E-state index contributed by atoms with van der Waals surface area (Å²) in [5, 5.41) is 0. The van der Waals surface area contributed by atoms with Crippen molar-refractivity contribution in [3.63, 3.8) is 0 Å². The summed E-state index contributed by atoms with van der Waals surface area (Å²) >= 11 is 2.20. The Balaban J connectivity index is 2.46. The molecule has 0 bridgehead atoms. The third-order valence-electron chi connectivity index (χ3n) is 3.05. The Hall–Kier alpha value is -1.34. The van der Waals surface area contributed by atoms with Gasteiger partial charge in [0.05, 0.1) is 20.3 Å². The Bertz CT molecular complexity index is 619. The van der Waals surface area contributed by atoms with Crippen LogP contribution in [0.2, 0.25) is 0 Å². The van der Waals surface area contributed by atoms with E-state index in [0.29, 0.717) is 17.1 Å². The van der Waals surface area contributed by atoms with Crippen LogP contribution in [0.1, 0.15) is 17.2 Å². The van der Waals surface area contributed by atoms with Gasteiger partial charge in [0.25, 0.3) is 0 Å². The van der Waals surface area contributed by atoms with E-state index in [0.717, 1.165) is 9.13 Å². The molecule has 0 aliphatic heterocycles. The van der Waals surface area contributed by atoms with Crippen LogP contribution >= 0.6 is 22.6 Å². The largest absolute Gasteiger partial charge is 0.493 e. The number of nitrogens with two attached hydrogens (primary N) is 1. The summed E-state index contributed by atoms with van der Waals surface area (Å²) in [6, 6.07) is 9.99. The zero-order valence-electron chi connectivity index (χ0n) is 11.2. The van der Waals surface area contributed by atoms with Crippen molar-refractivity contribution in [1.29, 1.82) is 0 Å². The predicted octanol–water partition coefficient (Wildman–Crippen LogP) is 3.50. The molecule has 0 aliphatic carbocycles. The predicted molar refractivity (Wildman–Crippen MR) is 84.7 cm³/mol. The van der Waals surface area contributed by atoms with Gasteiger partial charge in [0.15, 0.2) is 11.5 Å². The second-order valence-electron chi connectivity index (χ2n) is 4.26. The van der Waals surface area contributed by atoms with Crippen LogP contribution < -0.4 is 15.2 Å². The van der Waals surface area contributed by atoms with Crippen LogP contribution in [0.4, 0.5) is 4.39 Å². The Morgan fingerprint density at radius 2 is 1.75 bits per heavy atom. The molecule has 0 amide bonds. The van der Waals surface area contributed by atoms with Crippen LogP contribution in [-0.4, -0.2) is 14.2 Å². The summed E-state index contributed by atoms with van der Waals surface area (Å²) in [5.41, 5.74) is 7.39. The second kappa shape index (κ2) is 6.41. The van der Waals surface area contributed by atoms with E-state index in [1.54, 1.807) is 6.07 Å². The summed E-state index contributed by atoms with van der Waals surface area (Å²) in [4.78, 5) is 0. The molecule has 0 aromatic heterocycles. The third-order valence-corrected chi connectivity index (χ3v) is 3.72. The monoisotopic (exact) mass is 387 g/mol. The van der Waals surface area contributed by atoms with E-state index in [4.69, 9.17) is 15.2 Å². The Labute approximate surface area is 131 Å². The lowest BCUT2D eigenvalue weighted by molar-refractivity contribution is 0.351. The summed E-state index contributed by atoms with van der Waals surface area (Å²) in [5.74, 6) is 0.405. The van der Waals surface area contributed by atoms with Crippen molar-refractivity contribution in [2.45, 2.75) is 6.04 Å². The first kappa shape index (κ1) is 15.1. The Morgan fingerprint density at radius 3 is 2.35 bits per heavy atom. The van der Waals surface area contributed by atoms with Gasteiger partial charge in [-0.05, 0) is 46.4 Å². The average molecular weight is 387 g/mol. The fourth-order valence-corrected chi connectivity index (χ4v) is 2.56. The normalized spacial score (nSPS) is 12.1. The van der Waals surface area contributed by atoms with Crippen LogP contribution in [0.3, 0.4) is 0 Å². The van der Waals surface area contributed by atoms with Crippen molar-refractivity contribution in [3.8, 4) is 11.5 Å². The van der Waals surface area contributed by atoms with Crippen LogP contribution in [0, 0.1) is 9.39 Å². The van der Waals surface area contributed by atoms with Crippen molar-refractivity contribution in [2.75, 3.05) is 14.2 Å². The highest BCUT2D eigenvalue weighted by atomic mass is 127. The van der Waals surface area contributed by atoms with E-state index >= 15 is 0 Å². The molecule has 1 unspecified atom stereocenters. The number of halogens is 2. The van der Waals surface area contributed by atoms with Crippen LogP contribution in [0.25, 0.3) is 0 Å². The molecule has 1 atom stereocenters. The summed E-state index contributed by atoms with van der Waals surface area (Å²) in [7, 11) is 2.98. The lowest BCUT2D eigenvalue weighted by Crippen LogP contribution is -2.14. The molecule has 0 spiro atoms. The Morgan fingerprint density at radius 1 is 1.10 bits per heavy atom. The van der Waals surface area contributed by atoms with Gasteiger partial charge in [-0.2, -0.15) is 0 Å². The van der Waals surface area contributed by atoms with Gasteiger partial charge in [0.2, 0.25) is 0 Å². The number of rotatable bonds is 4. The highest BCUT2D eigenvalue weighted by Gasteiger charge is 2.18. The fraction of sp³-hybridized carbons (Fsp3) is 0.200. The van der Waals surface area contributed by atoms with Gasteiger partial charge in [0.1, 0.15) is 5.82 Å². The van der Waals surface area contributed by atoms with Crippen molar-refractivity contribution < 1.29 is 13.9 Å². The topological polar surface area (TPSA) is 44.5 Å². The SMILES string of the molecule is COc1cc(F)c(C(N)c2cccc(I)c2)cc1OC. The molecule has 2 rings (SSSR count). The first-order valence-electron chi connectivity index (χ1n) is 5.99. The van der Waals surface area contributed by atoms with Gasteiger partial charge in [-0.3, -0.25) is 0 Å². The van der Waals surface area contributed by atoms with Crippen LogP contribution in [0.15, 0.2) is 36.4 Å². The van der Waals surface area contributed by atoms with Gasteiger partial charge >= 0.3 is 0 Å². The molecule has 0 saturated heterocycles. The van der Waals surface area contributed by atoms with Crippen molar-refractivity contribution in [2.24, 2.45) is 5.73 Å². The van der Waals surface area contributed by atoms with E-state index in [9.17, 15) is 4.39 Å². The number of hydrogen-bond acceptors (Lipinski definition) is 3. The van der Waals surface area contributed by atoms with Gasteiger partial charge in [-0.15, -0.1) is 0 Å². The molecule has 0 radical (unpaired) electrons. The van der Waals surface area contributed by atoms with Crippen molar-refractivity contribution >= 4 is 22.6 Å². The van der Waals surface area contributed by atoms with E-state index in [-0.39, 0.29) is 0 Å². The highest BCUT2D eigenvalue weighted by molar-refractivity contribution is 14.1. The zero-order valence-corrected chi connectivity index (χ0v) is 13.3. The molecule has 2 aromatic rings. The number of methoxy groups -OCH3 is 2.